The van der Waals surface area contributed by atoms with Crippen molar-refractivity contribution in [2.24, 2.45) is 5.73 Å². The lowest BCUT2D eigenvalue weighted by atomic mass is 10.0. The van der Waals surface area contributed by atoms with Crippen molar-refractivity contribution in [1.29, 1.82) is 0 Å². The monoisotopic (exact) mass is 231 g/mol. The van der Waals surface area contributed by atoms with Gasteiger partial charge in [-0.15, -0.1) is 0 Å². The van der Waals surface area contributed by atoms with Crippen LogP contribution >= 0.6 is 0 Å². The van der Waals surface area contributed by atoms with Gasteiger partial charge in [0.15, 0.2) is 0 Å². The summed E-state index contributed by atoms with van der Waals surface area (Å²) in [5, 5.41) is 18.0. The second-order valence-corrected chi connectivity index (χ2v) is 3.28. The zero-order chi connectivity index (χ0) is 12.3. The highest BCUT2D eigenvalue weighted by Gasteiger charge is 2.23. The summed E-state index contributed by atoms with van der Waals surface area (Å²) in [5.41, 5.74) is 5.19. The van der Waals surface area contributed by atoms with E-state index in [1.165, 1.54) is 12.1 Å². The van der Waals surface area contributed by atoms with Gasteiger partial charge in [0.1, 0.15) is 12.1 Å². The van der Waals surface area contributed by atoms with Crippen LogP contribution in [-0.2, 0) is 4.79 Å². The van der Waals surface area contributed by atoms with Crippen LogP contribution in [0.4, 0.5) is 8.78 Å². The van der Waals surface area contributed by atoms with E-state index in [-0.39, 0.29) is 11.1 Å². The normalized spacial score (nSPS) is 14.8. The molecule has 0 aliphatic carbocycles. The van der Waals surface area contributed by atoms with E-state index < -0.39 is 24.5 Å². The average molecular weight is 231 g/mol. The quantitative estimate of drug-likeness (QED) is 0.723. The highest BCUT2D eigenvalue weighted by molar-refractivity contribution is 5.74. The highest BCUT2D eigenvalue weighted by Crippen LogP contribution is 2.22. The molecule has 0 saturated heterocycles. The molecule has 0 aromatic heterocycles. The van der Waals surface area contributed by atoms with Crippen molar-refractivity contribution in [2.75, 3.05) is 0 Å². The van der Waals surface area contributed by atoms with Gasteiger partial charge in [-0.3, -0.25) is 4.79 Å². The van der Waals surface area contributed by atoms with E-state index in [4.69, 9.17) is 10.8 Å². The van der Waals surface area contributed by atoms with Gasteiger partial charge in [0.05, 0.1) is 0 Å². The van der Waals surface area contributed by atoms with E-state index in [0.717, 1.165) is 12.1 Å². The zero-order valence-corrected chi connectivity index (χ0v) is 8.18. The molecule has 0 fully saturated rings. The van der Waals surface area contributed by atoms with E-state index in [1.807, 2.05) is 0 Å². The molecule has 88 valence electrons. The third-order valence-corrected chi connectivity index (χ3v) is 2.16. The van der Waals surface area contributed by atoms with Crippen LogP contribution in [0.5, 0.6) is 0 Å². The molecule has 1 aromatic carbocycles. The first-order valence-electron chi connectivity index (χ1n) is 4.48. The first kappa shape index (κ1) is 12.5. The lowest BCUT2D eigenvalue weighted by molar-refractivity contribution is -0.141. The Bertz CT molecular complexity index is 367. The Morgan fingerprint density at radius 2 is 1.62 bits per heavy atom. The topological polar surface area (TPSA) is 83.6 Å². The molecule has 6 heteroatoms. The fourth-order valence-corrected chi connectivity index (χ4v) is 1.18. The van der Waals surface area contributed by atoms with Crippen LogP contribution in [0.25, 0.3) is 0 Å². The minimum absolute atomic E-state index is 0.194. The second kappa shape index (κ2) is 5.00. The molecule has 0 amide bonds. The van der Waals surface area contributed by atoms with Gasteiger partial charge in [0, 0.05) is 5.56 Å². The Morgan fingerprint density at radius 3 is 2.00 bits per heavy atom. The van der Waals surface area contributed by atoms with E-state index in [1.54, 1.807) is 0 Å². The summed E-state index contributed by atoms with van der Waals surface area (Å²) >= 11 is 0. The number of aliphatic hydroxyl groups is 1. The number of benzene rings is 1. The number of hydrogen-bond acceptors (Lipinski definition) is 3. The molecule has 0 radical (unpaired) electrons. The van der Waals surface area contributed by atoms with Crippen LogP contribution in [0.3, 0.4) is 0 Å². The number of hydrogen-bond donors (Lipinski definition) is 3. The molecule has 0 unspecified atom stereocenters. The molecule has 1 aromatic rings. The van der Waals surface area contributed by atoms with Crippen LogP contribution in [0.15, 0.2) is 24.3 Å². The molecule has 1 rings (SSSR count). The molecule has 0 bridgehead atoms. The molecule has 0 aliphatic heterocycles. The van der Waals surface area contributed by atoms with E-state index >= 15 is 0 Å². The van der Waals surface area contributed by atoms with Gasteiger partial charge in [-0.25, -0.2) is 8.78 Å². The van der Waals surface area contributed by atoms with Crippen molar-refractivity contribution in [2.45, 2.75) is 18.6 Å². The summed E-state index contributed by atoms with van der Waals surface area (Å²) in [6.07, 6.45) is -4.01. The zero-order valence-electron chi connectivity index (χ0n) is 8.18. The van der Waals surface area contributed by atoms with Crippen molar-refractivity contribution < 1.29 is 23.8 Å². The van der Waals surface area contributed by atoms with Gasteiger partial charge in [-0.2, -0.15) is 0 Å². The predicted octanol–water partition coefficient (Wildman–Crippen LogP) is 1.07. The molecule has 4 N–H and O–H groups in total. The molecular formula is C10H11F2NO3. The molecular weight excluding hydrogens is 220 g/mol. The summed E-state index contributed by atoms with van der Waals surface area (Å²) in [6, 6.07) is 3.23. The number of aliphatic carboxylic acids is 1. The average Bonchev–Trinajstić information content (AvgIpc) is 2.27. The Balaban J connectivity index is 2.85. The first-order valence-corrected chi connectivity index (χ1v) is 4.48. The molecule has 4 nitrogen and oxygen atoms in total. The number of alkyl halides is 2. The highest BCUT2D eigenvalue weighted by atomic mass is 19.3. The molecule has 16 heavy (non-hydrogen) atoms. The Morgan fingerprint density at radius 1 is 1.19 bits per heavy atom. The van der Waals surface area contributed by atoms with E-state index in [0.29, 0.717) is 0 Å². The fraction of sp³-hybridized carbons (Fsp3) is 0.300. The lowest BCUT2D eigenvalue weighted by Crippen LogP contribution is -2.36. The van der Waals surface area contributed by atoms with Crippen LogP contribution in [0.1, 0.15) is 23.7 Å². The standard InChI is InChI=1S/C10H11F2NO3/c11-9(12)6-3-1-5(2-4-6)8(14)7(13)10(15)16/h1-4,7-9,14H,13H2,(H,15,16)/t7-,8+/m0/s1. The van der Waals surface area contributed by atoms with Crippen LogP contribution in [0.2, 0.25) is 0 Å². The Labute approximate surface area is 90.3 Å². The predicted molar refractivity (Wildman–Crippen MR) is 52.0 cm³/mol. The van der Waals surface area contributed by atoms with Gasteiger partial charge in [0.25, 0.3) is 6.43 Å². The Hall–Kier alpha value is -1.53. The molecule has 0 heterocycles. The van der Waals surface area contributed by atoms with E-state index in [2.05, 4.69) is 0 Å². The van der Waals surface area contributed by atoms with Crippen LogP contribution in [0, 0.1) is 0 Å². The lowest BCUT2D eigenvalue weighted by Gasteiger charge is -2.15. The van der Waals surface area contributed by atoms with Crippen molar-refractivity contribution in [3.05, 3.63) is 35.4 Å². The van der Waals surface area contributed by atoms with Crippen LogP contribution < -0.4 is 5.73 Å². The summed E-state index contributed by atoms with van der Waals surface area (Å²) < 4.78 is 24.4. The first-order chi connectivity index (χ1) is 7.43. The summed E-state index contributed by atoms with van der Waals surface area (Å²) in [6.45, 7) is 0. The van der Waals surface area contributed by atoms with Gasteiger partial charge < -0.3 is 15.9 Å². The van der Waals surface area contributed by atoms with E-state index in [9.17, 15) is 18.7 Å². The van der Waals surface area contributed by atoms with Crippen molar-refractivity contribution in [3.8, 4) is 0 Å². The third kappa shape index (κ3) is 2.74. The van der Waals surface area contributed by atoms with Gasteiger partial charge in [0.2, 0.25) is 0 Å². The smallest absolute Gasteiger partial charge is 0.323 e. The maximum absolute atomic E-state index is 12.2. The third-order valence-electron chi connectivity index (χ3n) is 2.16. The second-order valence-electron chi connectivity index (χ2n) is 3.28. The molecule has 2 atom stereocenters. The Kier molecular flexibility index (Phi) is 3.92. The molecule has 0 saturated carbocycles. The number of halogens is 2. The van der Waals surface area contributed by atoms with Crippen molar-refractivity contribution in [1.82, 2.24) is 0 Å². The molecule has 0 aliphatic rings. The number of carboxylic acids is 1. The molecule has 0 spiro atoms. The minimum Gasteiger partial charge on any atom is -0.480 e. The van der Waals surface area contributed by atoms with Crippen LogP contribution in [-0.4, -0.2) is 22.2 Å². The van der Waals surface area contributed by atoms with Gasteiger partial charge >= 0.3 is 5.97 Å². The summed E-state index contributed by atoms with van der Waals surface area (Å²) in [7, 11) is 0. The van der Waals surface area contributed by atoms with Crippen molar-refractivity contribution >= 4 is 5.97 Å². The summed E-state index contributed by atoms with van der Waals surface area (Å²) in [5.74, 6) is -1.36. The summed E-state index contributed by atoms with van der Waals surface area (Å²) in [4.78, 5) is 10.5. The number of nitrogens with two attached hydrogens (primary N) is 1. The number of aliphatic hydroxyl groups excluding tert-OH is 1. The number of carbonyl (C=O) groups is 1. The minimum atomic E-state index is -2.60. The van der Waals surface area contributed by atoms with Gasteiger partial charge in [-0.1, -0.05) is 24.3 Å². The number of carboxylic acid groups (broad SMARTS) is 1. The maximum atomic E-state index is 12.2. The van der Waals surface area contributed by atoms with Gasteiger partial charge in [-0.05, 0) is 5.56 Å². The largest absolute Gasteiger partial charge is 0.480 e. The van der Waals surface area contributed by atoms with Crippen molar-refractivity contribution in [3.63, 3.8) is 0 Å². The fourth-order valence-electron chi connectivity index (χ4n) is 1.18. The number of rotatable bonds is 4. The SMILES string of the molecule is N[C@H](C(=O)O)[C@H](O)c1ccc(C(F)F)cc1. The maximum Gasteiger partial charge on any atom is 0.323 e.